The lowest BCUT2D eigenvalue weighted by Gasteiger charge is -2.16. The highest BCUT2D eigenvalue weighted by atomic mass is 15.2. The number of hydrogen-bond donors (Lipinski definition) is 0. The van der Waals surface area contributed by atoms with E-state index in [0.717, 1.165) is 60.3 Å². The third-order valence-electron chi connectivity index (χ3n) is 11.3. The predicted molar refractivity (Wildman–Crippen MR) is 256 cm³/mol. The van der Waals surface area contributed by atoms with E-state index in [9.17, 15) is 0 Å². The van der Waals surface area contributed by atoms with Crippen LogP contribution in [-0.4, -0.2) is 24.1 Å². The summed E-state index contributed by atoms with van der Waals surface area (Å²) in [5.41, 5.74) is 7.21. The Morgan fingerprint density at radius 3 is 1.32 bits per heavy atom. The van der Waals surface area contributed by atoms with Crippen LogP contribution in [0.5, 0.6) is 0 Å². The summed E-state index contributed by atoms with van der Waals surface area (Å²) in [4.78, 5) is 15.6. The van der Waals surface area contributed by atoms with Gasteiger partial charge in [-0.25, -0.2) is 4.98 Å². The van der Waals surface area contributed by atoms with Gasteiger partial charge in [0.25, 0.3) is 0 Å². The van der Waals surface area contributed by atoms with E-state index in [1.54, 1.807) is 12.1 Å². The normalized spacial score (nSPS) is 13.8. The minimum Gasteiger partial charge on any atom is -0.307 e. The first kappa shape index (κ1) is 26.6. The van der Waals surface area contributed by atoms with Crippen LogP contribution in [0.4, 0.5) is 0 Å². The summed E-state index contributed by atoms with van der Waals surface area (Å²) in [5, 5.41) is 3.48. The number of fused-ring (bicyclic) bond motifs is 7. The standard InChI is InChI=1S/C57H37N5/c1-5-17-38(18-6-1)41-29-31-43(32-30-41)56-58-55(42-23-11-4-12-24-42)59-57(60-56)62-52-28-16-14-26-48(52)50-34-33-49-47-25-13-15-27-51(47)61(53(49)54(50)62)46-36-44(39-19-7-2-8-20-39)35-45(37-46)40-21-9-3-10-22-40/h1-37H/i2D,3D,7D,8D,9D,10D,19D,20D,21D,22D. The monoisotopic (exact) mass is 801 g/mol. The van der Waals surface area contributed by atoms with Crippen molar-refractivity contribution < 1.29 is 13.7 Å². The molecule has 12 rings (SSSR count). The predicted octanol–water partition coefficient (Wildman–Crippen LogP) is 14.4. The first-order valence-corrected chi connectivity index (χ1v) is 20.1. The van der Waals surface area contributed by atoms with E-state index in [0.29, 0.717) is 28.8 Å². The molecule has 0 bridgehead atoms. The quantitative estimate of drug-likeness (QED) is 0.161. The zero-order valence-corrected chi connectivity index (χ0v) is 32.8. The van der Waals surface area contributed by atoms with Gasteiger partial charge in [-0.15, -0.1) is 0 Å². The number of para-hydroxylation sites is 2. The largest absolute Gasteiger partial charge is 0.307 e. The molecule has 3 heterocycles. The molecular formula is C57H37N5. The van der Waals surface area contributed by atoms with E-state index in [-0.39, 0.29) is 22.3 Å². The Hall–Kier alpha value is -8.41. The molecule has 0 saturated carbocycles. The van der Waals surface area contributed by atoms with Crippen molar-refractivity contribution in [1.29, 1.82) is 0 Å². The second-order valence-corrected chi connectivity index (χ2v) is 14.9. The minimum atomic E-state index is -0.561. The van der Waals surface area contributed by atoms with Crippen molar-refractivity contribution in [3.8, 4) is 67.8 Å². The van der Waals surface area contributed by atoms with E-state index >= 15 is 0 Å². The molecule has 290 valence electrons. The first-order chi connectivity index (χ1) is 34.9. The fourth-order valence-corrected chi connectivity index (χ4v) is 8.55. The maximum absolute atomic E-state index is 9.08. The summed E-state index contributed by atoms with van der Waals surface area (Å²) in [6, 6.07) is 47.8. The molecule has 0 saturated heterocycles. The van der Waals surface area contributed by atoms with Gasteiger partial charge in [-0.3, -0.25) is 4.57 Å². The minimum absolute atomic E-state index is 0.112. The van der Waals surface area contributed by atoms with Crippen molar-refractivity contribution >= 4 is 43.6 Å². The third-order valence-corrected chi connectivity index (χ3v) is 11.3. The van der Waals surface area contributed by atoms with Crippen molar-refractivity contribution in [2.45, 2.75) is 0 Å². The molecule has 0 atom stereocenters. The molecule has 0 spiro atoms. The fraction of sp³-hybridized carbons (Fsp3) is 0. The number of benzene rings is 9. The van der Waals surface area contributed by atoms with Gasteiger partial charge in [0.05, 0.1) is 35.8 Å². The number of rotatable bonds is 7. The van der Waals surface area contributed by atoms with Crippen LogP contribution in [0.25, 0.3) is 111 Å². The van der Waals surface area contributed by atoms with Gasteiger partial charge in [0, 0.05) is 38.4 Å². The van der Waals surface area contributed by atoms with E-state index in [1.165, 1.54) is 6.07 Å². The van der Waals surface area contributed by atoms with Crippen molar-refractivity contribution in [3.63, 3.8) is 0 Å². The third kappa shape index (κ3) is 5.98. The summed E-state index contributed by atoms with van der Waals surface area (Å²) in [7, 11) is 0. The number of nitrogens with zero attached hydrogens (tertiary/aromatic N) is 5. The van der Waals surface area contributed by atoms with Gasteiger partial charge < -0.3 is 4.57 Å². The van der Waals surface area contributed by atoms with E-state index in [4.69, 9.17) is 28.7 Å². The molecule has 0 fully saturated rings. The highest BCUT2D eigenvalue weighted by Crippen LogP contribution is 2.43. The molecule has 9 aromatic carbocycles. The molecule has 0 amide bonds. The van der Waals surface area contributed by atoms with Crippen LogP contribution in [0.15, 0.2) is 224 Å². The van der Waals surface area contributed by atoms with Crippen LogP contribution in [0.1, 0.15) is 13.7 Å². The molecule has 0 aliphatic carbocycles. The lowest BCUT2D eigenvalue weighted by atomic mass is 9.98. The Morgan fingerprint density at radius 1 is 0.323 bits per heavy atom. The smallest absolute Gasteiger partial charge is 0.238 e. The zero-order valence-electron chi connectivity index (χ0n) is 42.8. The zero-order chi connectivity index (χ0) is 49.7. The fourth-order valence-electron chi connectivity index (χ4n) is 8.55. The Labute approximate surface area is 372 Å². The van der Waals surface area contributed by atoms with Crippen molar-refractivity contribution in [2.75, 3.05) is 0 Å². The summed E-state index contributed by atoms with van der Waals surface area (Å²) in [6.45, 7) is 0. The van der Waals surface area contributed by atoms with Gasteiger partial charge in [0.15, 0.2) is 11.6 Å². The Balaban J connectivity index is 1.21. The summed E-state index contributed by atoms with van der Waals surface area (Å²) in [6.07, 6.45) is 0. The van der Waals surface area contributed by atoms with Gasteiger partial charge in [-0.05, 0) is 63.7 Å². The van der Waals surface area contributed by atoms with Gasteiger partial charge in [0.2, 0.25) is 5.95 Å². The van der Waals surface area contributed by atoms with Crippen LogP contribution in [0, 0.1) is 0 Å². The SMILES string of the molecule is [2H]c1c([2H])c([2H])c(-c2cc(-c3c([2H])c([2H])c([2H])c([2H])c3[2H])cc(-n3c4ccccc4c4ccc5c6ccccc6n(-c6nc(-c7ccccc7)nc(-c7ccc(-c8ccccc8)cc7)n6)c5c43)c2)c([2H])c1[2H]. The highest BCUT2D eigenvalue weighted by molar-refractivity contribution is 6.23. The molecule has 5 heteroatoms. The molecule has 0 unspecified atom stereocenters. The highest BCUT2D eigenvalue weighted by Gasteiger charge is 2.24. The summed E-state index contributed by atoms with van der Waals surface area (Å²) in [5.74, 6) is 1.25. The molecule has 0 aliphatic heterocycles. The average molecular weight is 802 g/mol. The van der Waals surface area contributed by atoms with E-state index < -0.39 is 60.4 Å². The van der Waals surface area contributed by atoms with Crippen molar-refractivity contribution in [3.05, 3.63) is 224 Å². The topological polar surface area (TPSA) is 48.5 Å². The maximum Gasteiger partial charge on any atom is 0.238 e. The molecule has 12 aromatic rings. The Morgan fingerprint density at radius 2 is 0.758 bits per heavy atom. The van der Waals surface area contributed by atoms with E-state index in [1.807, 2.05) is 118 Å². The van der Waals surface area contributed by atoms with E-state index in [2.05, 4.69) is 36.4 Å². The number of hydrogen-bond acceptors (Lipinski definition) is 3. The molecule has 62 heavy (non-hydrogen) atoms. The Kier molecular flexibility index (Phi) is 6.31. The molecule has 0 radical (unpaired) electrons. The van der Waals surface area contributed by atoms with Gasteiger partial charge in [-0.1, -0.05) is 194 Å². The molecule has 0 N–H and O–H groups in total. The van der Waals surface area contributed by atoms with Crippen LogP contribution >= 0.6 is 0 Å². The van der Waals surface area contributed by atoms with Crippen molar-refractivity contribution in [2.24, 2.45) is 0 Å². The van der Waals surface area contributed by atoms with Crippen molar-refractivity contribution in [1.82, 2.24) is 24.1 Å². The molecule has 0 aliphatic rings. The van der Waals surface area contributed by atoms with Gasteiger partial charge in [-0.2, -0.15) is 9.97 Å². The second-order valence-electron chi connectivity index (χ2n) is 14.9. The summed E-state index contributed by atoms with van der Waals surface area (Å²) < 4.78 is 91.7. The van der Waals surface area contributed by atoms with Crippen LogP contribution < -0.4 is 0 Å². The lowest BCUT2D eigenvalue weighted by molar-refractivity contribution is 0.953. The van der Waals surface area contributed by atoms with Crippen LogP contribution in [-0.2, 0) is 0 Å². The van der Waals surface area contributed by atoms with Gasteiger partial charge >= 0.3 is 0 Å². The average Bonchev–Trinajstić information content (AvgIpc) is 3.94. The lowest BCUT2D eigenvalue weighted by Crippen LogP contribution is -2.07. The van der Waals surface area contributed by atoms with Gasteiger partial charge in [0.1, 0.15) is 0 Å². The Bertz CT molecular complexity index is 4070. The molecule has 5 nitrogen and oxygen atoms in total. The molecule has 3 aromatic heterocycles. The first-order valence-electron chi connectivity index (χ1n) is 25.1. The van der Waals surface area contributed by atoms with Crippen LogP contribution in [0.2, 0.25) is 0 Å². The second kappa shape index (κ2) is 14.7. The van der Waals surface area contributed by atoms with Crippen LogP contribution in [0.3, 0.4) is 0 Å². The maximum atomic E-state index is 9.08. The summed E-state index contributed by atoms with van der Waals surface area (Å²) >= 11 is 0. The number of aromatic nitrogens is 5. The molecular weight excluding hydrogens is 755 g/mol.